The number of ether oxygens (including phenoxy) is 1. The predicted molar refractivity (Wildman–Crippen MR) is 130 cm³/mol. The first-order valence-electron chi connectivity index (χ1n) is 11.9. The normalized spacial score (nSPS) is 15.5. The van der Waals surface area contributed by atoms with E-state index in [9.17, 15) is 22.7 Å². The van der Waals surface area contributed by atoms with E-state index in [0.717, 1.165) is 30.7 Å². The van der Waals surface area contributed by atoms with Crippen molar-refractivity contribution in [2.24, 2.45) is 5.41 Å². The molecule has 190 valence electrons. The first kappa shape index (κ1) is 25.9. The van der Waals surface area contributed by atoms with Crippen LogP contribution in [0.5, 0.6) is 5.75 Å². The molecule has 4 rings (SSSR count). The van der Waals surface area contributed by atoms with Crippen LogP contribution in [-0.2, 0) is 6.42 Å². The molecule has 1 saturated heterocycles. The molecule has 2 aromatic carbocycles. The molecule has 4 nitrogen and oxygen atoms in total. The van der Waals surface area contributed by atoms with Crippen molar-refractivity contribution in [3.63, 3.8) is 0 Å². The molecular weight excluding hydrogens is 472 g/mol. The Balaban J connectivity index is 1.35. The number of aromatic nitrogens is 1. The van der Waals surface area contributed by atoms with E-state index in [2.05, 4.69) is 21.7 Å². The molecule has 0 amide bonds. The second-order valence-electron chi connectivity index (χ2n) is 9.31. The van der Waals surface area contributed by atoms with Crippen LogP contribution >= 0.6 is 0 Å². The number of aliphatic hydroxyl groups excluding tert-OH is 1. The molecule has 36 heavy (non-hydrogen) atoms. The summed E-state index contributed by atoms with van der Waals surface area (Å²) in [7, 11) is 1.57. The fourth-order valence-electron chi connectivity index (χ4n) is 4.79. The Morgan fingerprint density at radius 1 is 1.08 bits per heavy atom. The molecule has 0 bridgehead atoms. The number of nitrogens with zero attached hydrogens (tertiary/aromatic N) is 2. The van der Waals surface area contributed by atoms with Crippen molar-refractivity contribution in [1.82, 2.24) is 9.88 Å². The highest BCUT2D eigenvalue weighted by molar-refractivity contribution is 5.83. The maximum Gasteiger partial charge on any atom is 0.174 e. The fraction of sp³-hybridized carbons (Fsp3) is 0.393. The monoisotopic (exact) mass is 500 g/mol. The minimum absolute atomic E-state index is 0.0354. The van der Waals surface area contributed by atoms with E-state index in [0.29, 0.717) is 55.4 Å². The Hall–Kier alpha value is -3.15. The zero-order valence-corrected chi connectivity index (χ0v) is 20.1. The van der Waals surface area contributed by atoms with Crippen LogP contribution in [0.25, 0.3) is 10.9 Å². The number of aryl methyl sites for hydroxylation is 1. The van der Waals surface area contributed by atoms with Gasteiger partial charge in [0.2, 0.25) is 0 Å². The molecule has 0 radical (unpaired) electrons. The average molecular weight is 501 g/mol. The third-order valence-electron chi connectivity index (χ3n) is 7.04. The molecule has 1 aliphatic heterocycles. The number of hydrogen-bond donors (Lipinski definition) is 1. The smallest absolute Gasteiger partial charge is 0.174 e. The summed E-state index contributed by atoms with van der Waals surface area (Å²) in [5.74, 6) is 2.31. The highest BCUT2D eigenvalue weighted by Crippen LogP contribution is 2.37. The van der Waals surface area contributed by atoms with Crippen LogP contribution in [0.4, 0.5) is 17.6 Å². The lowest BCUT2D eigenvalue weighted by atomic mass is 9.75. The Morgan fingerprint density at radius 3 is 2.58 bits per heavy atom. The molecule has 3 aromatic rings. The van der Waals surface area contributed by atoms with E-state index >= 15 is 0 Å². The fourth-order valence-corrected chi connectivity index (χ4v) is 4.79. The molecule has 0 atom stereocenters. The van der Waals surface area contributed by atoms with E-state index in [1.807, 2.05) is 6.07 Å². The van der Waals surface area contributed by atoms with Gasteiger partial charge in [-0.15, -0.1) is 0 Å². The molecule has 0 saturated carbocycles. The zero-order chi connectivity index (χ0) is 25.7. The van der Waals surface area contributed by atoms with Crippen LogP contribution in [0.1, 0.15) is 36.8 Å². The minimum atomic E-state index is -1.26. The van der Waals surface area contributed by atoms with Gasteiger partial charge in [0.15, 0.2) is 11.6 Å². The average Bonchev–Trinajstić information content (AvgIpc) is 2.88. The molecule has 8 heteroatoms. The standard InChI is InChI=1S/C28H28F4N2O2/c1-36-21-6-7-26-23(16-21)22(25(31)17-33-26)5-2-8-28(18-35)9-12-34(13-10-28)11-3-4-19-14-20(29)15-24(30)27(19)32/h6-7,14-17,35H,2,5,8-13,18H2,1H3. The lowest BCUT2D eigenvalue weighted by Crippen LogP contribution is -2.42. The number of benzene rings is 2. The van der Waals surface area contributed by atoms with Gasteiger partial charge in [0.05, 0.1) is 30.9 Å². The van der Waals surface area contributed by atoms with Crippen molar-refractivity contribution < 1.29 is 27.4 Å². The lowest BCUT2D eigenvalue weighted by molar-refractivity contribution is 0.0401. The first-order chi connectivity index (χ1) is 17.3. The largest absolute Gasteiger partial charge is 0.497 e. The summed E-state index contributed by atoms with van der Waals surface area (Å²) in [6, 6.07) is 6.77. The molecule has 1 N–H and O–H groups in total. The van der Waals surface area contributed by atoms with Crippen LogP contribution in [0.2, 0.25) is 0 Å². The number of halogens is 4. The summed E-state index contributed by atoms with van der Waals surface area (Å²) in [4.78, 5) is 6.23. The highest BCUT2D eigenvalue weighted by atomic mass is 19.2. The van der Waals surface area contributed by atoms with Gasteiger partial charge in [-0.2, -0.15) is 0 Å². The van der Waals surface area contributed by atoms with Crippen molar-refractivity contribution in [3.8, 4) is 17.6 Å². The summed E-state index contributed by atoms with van der Waals surface area (Å²) in [5.41, 5.74) is 0.737. The molecular formula is C28H28F4N2O2. The number of rotatable bonds is 7. The number of fused-ring (bicyclic) bond motifs is 1. The molecule has 1 aliphatic rings. The topological polar surface area (TPSA) is 45.6 Å². The Morgan fingerprint density at radius 2 is 1.86 bits per heavy atom. The van der Waals surface area contributed by atoms with Gasteiger partial charge < -0.3 is 9.84 Å². The second kappa shape index (κ2) is 11.3. The maximum absolute atomic E-state index is 14.6. The Bertz CT molecular complexity index is 1290. The van der Waals surface area contributed by atoms with E-state index in [1.165, 1.54) is 6.20 Å². The van der Waals surface area contributed by atoms with Crippen LogP contribution in [0.3, 0.4) is 0 Å². The van der Waals surface area contributed by atoms with Gasteiger partial charge in [-0.3, -0.25) is 9.88 Å². The van der Waals surface area contributed by atoms with E-state index in [1.54, 1.807) is 19.2 Å². The maximum atomic E-state index is 14.6. The van der Waals surface area contributed by atoms with E-state index in [-0.39, 0.29) is 23.4 Å². The third kappa shape index (κ3) is 5.80. The first-order valence-corrected chi connectivity index (χ1v) is 11.9. The zero-order valence-electron chi connectivity index (χ0n) is 20.1. The van der Waals surface area contributed by atoms with E-state index in [4.69, 9.17) is 4.74 Å². The summed E-state index contributed by atoms with van der Waals surface area (Å²) in [5, 5.41) is 10.9. The number of piperidine rings is 1. The Labute approximate surface area is 207 Å². The number of pyridine rings is 1. The number of aliphatic hydroxyl groups is 1. The van der Waals surface area contributed by atoms with Gasteiger partial charge in [0.1, 0.15) is 17.4 Å². The molecule has 1 aromatic heterocycles. The molecule has 2 heterocycles. The number of hydrogen-bond acceptors (Lipinski definition) is 4. The molecule has 1 fully saturated rings. The predicted octanol–water partition coefficient (Wildman–Crippen LogP) is 5.25. The van der Waals surface area contributed by atoms with Crippen LogP contribution in [0, 0.1) is 40.5 Å². The summed E-state index contributed by atoms with van der Waals surface area (Å²) >= 11 is 0. The summed E-state index contributed by atoms with van der Waals surface area (Å²) < 4.78 is 60.3. The van der Waals surface area contributed by atoms with Gasteiger partial charge in [-0.05, 0) is 80.4 Å². The third-order valence-corrected chi connectivity index (χ3v) is 7.04. The highest BCUT2D eigenvalue weighted by Gasteiger charge is 2.33. The van der Waals surface area contributed by atoms with Gasteiger partial charge in [0.25, 0.3) is 0 Å². The van der Waals surface area contributed by atoms with Crippen molar-refractivity contribution in [1.29, 1.82) is 0 Å². The van der Waals surface area contributed by atoms with Gasteiger partial charge >= 0.3 is 0 Å². The van der Waals surface area contributed by atoms with Crippen LogP contribution in [-0.4, -0.2) is 48.3 Å². The molecule has 0 unspecified atom stereocenters. The van der Waals surface area contributed by atoms with E-state index < -0.39 is 17.5 Å². The van der Waals surface area contributed by atoms with Crippen LogP contribution in [0.15, 0.2) is 36.5 Å². The van der Waals surface area contributed by atoms with Gasteiger partial charge in [0, 0.05) is 18.1 Å². The van der Waals surface area contributed by atoms with Crippen molar-refractivity contribution in [3.05, 3.63) is 70.9 Å². The van der Waals surface area contributed by atoms with Crippen molar-refractivity contribution in [2.45, 2.75) is 32.1 Å². The SMILES string of the molecule is COc1ccc2ncc(F)c(CCCC3(CO)CCN(CC#Cc4cc(F)cc(F)c4F)CC3)c2c1. The molecule has 0 spiro atoms. The van der Waals surface area contributed by atoms with Gasteiger partial charge in [-0.25, -0.2) is 17.6 Å². The second-order valence-corrected chi connectivity index (χ2v) is 9.31. The summed E-state index contributed by atoms with van der Waals surface area (Å²) in [6.45, 7) is 1.72. The quantitative estimate of drug-likeness (QED) is 0.274. The number of methoxy groups -OCH3 is 1. The van der Waals surface area contributed by atoms with Crippen molar-refractivity contribution >= 4 is 10.9 Å². The molecule has 0 aliphatic carbocycles. The van der Waals surface area contributed by atoms with Crippen LogP contribution < -0.4 is 4.74 Å². The van der Waals surface area contributed by atoms with Gasteiger partial charge in [-0.1, -0.05) is 11.8 Å². The lowest BCUT2D eigenvalue weighted by Gasteiger charge is -2.40. The van der Waals surface area contributed by atoms with Crippen molar-refractivity contribution in [2.75, 3.05) is 33.4 Å². The summed E-state index contributed by atoms with van der Waals surface area (Å²) in [6.07, 6.45) is 4.69. The Kier molecular flexibility index (Phi) is 8.12. The minimum Gasteiger partial charge on any atom is -0.497 e. The number of likely N-dealkylation sites (tertiary alicyclic amines) is 1.